The number of nitrogens with one attached hydrogen (secondary N) is 1. The van der Waals surface area contributed by atoms with Gasteiger partial charge in [0.2, 0.25) is 0 Å². The number of hydrogen-bond donors (Lipinski definition) is 2. The van der Waals surface area contributed by atoms with Crippen molar-refractivity contribution in [3.63, 3.8) is 0 Å². The molecule has 1 rings (SSSR count). The highest BCUT2D eigenvalue weighted by atomic mass is 16.6. The van der Waals surface area contributed by atoms with Gasteiger partial charge >= 0.3 is 0 Å². The molecule has 0 saturated carbocycles. The first-order chi connectivity index (χ1) is 6.71. The van der Waals surface area contributed by atoms with Crippen LogP contribution >= 0.6 is 0 Å². The van der Waals surface area contributed by atoms with Crippen molar-refractivity contribution in [3.05, 3.63) is 24.3 Å². The van der Waals surface area contributed by atoms with Crippen molar-refractivity contribution in [3.8, 4) is 0 Å². The molecule has 0 aromatic heterocycles. The Morgan fingerprint density at radius 1 is 1.50 bits per heavy atom. The molecule has 0 bridgehead atoms. The van der Waals surface area contributed by atoms with Gasteiger partial charge in [-0.1, -0.05) is 18.2 Å². The van der Waals surface area contributed by atoms with E-state index in [-0.39, 0.29) is 0 Å². The summed E-state index contributed by atoms with van der Waals surface area (Å²) in [6, 6.07) is 0. The van der Waals surface area contributed by atoms with Gasteiger partial charge in [-0.2, -0.15) is 0 Å². The van der Waals surface area contributed by atoms with Crippen LogP contribution in [0.5, 0.6) is 0 Å². The minimum atomic E-state index is -1.29. The SMILES string of the molecule is COC1C=CC=CC1(OC)C(=O)NO. The summed E-state index contributed by atoms with van der Waals surface area (Å²) < 4.78 is 10.2. The fraction of sp³-hybridized carbons (Fsp3) is 0.444. The zero-order chi connectivity index (χ0) is 10.6. The summed E-state index contributed by atoms with van der Waals surface area (Å²) in [5.74, 6) is -0.660. The molecule has 0 spiro atoms. The van der Waals surface area contributed by atoms with Gasteiger partial charge in [-0.05, 0) is 6.08 Å². The predicted molar refractivity (Wildman–Crippen MR) is 48.7 cm³/mol. The number of carbonyl (C=O) groups is 1. The number of amides is 1. The van der Waals surface area contributed by atoms with Crippen LogP contribution in [0.15, 0.2) is 24.3 Å². The molecule has 5 nitrogen and oxygen atoms in total. The second-order valence-corrected chi connectivity index (χ2v) is 2.84. The smallest absolute Gasteiger partial charge is 0.282 e. The average molecular weight is 199 g/mol. The first kappa shape index (κ1) is 10.9. The molecule has 14 heavy (non-hydrogen) atoms. The topological polar surface area (TPSA) is 67.8 Å². The average Bonchev–Trinajstić information content (AvgIpc) is 2.27. The van der Waals surface area contributed by atoms with Gasteiger partial charge in [0.1, 0.15) is 6.10 Å². The third-order valence-corrected chi connectivity index (χ3v) is 2.21. The molecule has 0 fully saturated rings. The largest absolute Gasteiger partial charge is 0.373 e. The molecule has 0 radical (unpaired) electrons. The highest BCUT2D eigenvalue weighted by Crippen LogP contribution is 2.24. The number of hydrogen-bond acceptors (Lipinski definition) is 4. The van der Waals surface area contributed by atoms with Crippen LogP contribution in [0.3, 0.4) is 0 Å². The Labute approximate surface area is 82.0 Å². The molecule has 2 N–H and O–H groups in total. The van der Waals surface area contributed by atoms with Gasteiger partial charge in [0.25, 0.3) is 5.91 Å². The predicted octanol–water partition coefficient (Wildman–Crippen LogP) is 0.0180. The maximum atomic E-state index is 11.4. The summed E-state index contributed by atoms with van der Waals surface area (Å²) in [6.45, 7) is 0. The van der Waals surface area contributed by atoms with E-state index in [1.807, 2.05) is 0 Å². The van der Waals surface area contributed by atoms with E-state index in [2.05, 4.69) is 0 Å². The molecule has 0 aromatic carbocycles. The number of allylic oxidation sites excluding steroid dienone is 2. The highest BCUT2D eigenvalue weighted by molar-refractivity contribution is 5.88. The van der Waals surface area contributed by atoms with Crippen molar-refractivity contribution in [1.29, 1.82) is 0 Å². The van der Waals surface area contributed by atoms with E-state index in [9.17, 15) is 4.79 Å². The molecule has 0 aliphatic heterocycles. The monoisotopic (exact) mass is 199 g/mol. The molecule has 2 atom stereocenters. The maximum absolute atomic E-state index is 11.4. The van der Waals surface area contributed by atoms with Crippen molar-refractivity contribution in [2.24, 2.45) is 0 Å². The highest BCUT2D eigenvalue weighted by Gasteiger charge is 2.44. The Morgan fingerprint density at radius 3 is 2.71 bits per heavy atom. The molecule has 2 unspecified atom stereocenters. The first-order valence-electron chi connectivity index (χ1n) is 4.09. The number of hydroxylamine groups is 1. The van der Waals surface area contributed by atoms with E-state index >= 15 is 0 Å². The Hall–Kier alpha value is -1.17. The fourth-order valence-corrected chi connectivity index (χ4v) is 1.42. The molecular formula is C9H13NO4. The van der Waals surface area contributed by atoms with E-state index in [0.29, 0.717) is 0 Å². The van der Waals surface area contributed by atoms with Crippen molar-refractivity contribution in [2.45, 2.75) is 11.7 Å². The summed E-state index contributed by atoms with van der Waals surface area (Å²) in [7, 11) is 2.84. The van der Waals surface area contributed by atoms with Crippen molar-refractivity contribution in [2.75, 3.05) is 14.2 Å². The lowest BCUT2D eigenvalue weighted by Crippen LogP contribution is -2.55. The molecule has 0 saturated heterocycles. The molecule has 0 heterocycles. The van der Waals surface area contributed by atoms with E-state index in [0.717, 1.165) is 0 Å². The molecule has 0 aromatic rings. The summed E-state index contributed by atoms with van der Waals surface area (Å²) in [4.78, 5) is 11.4. The van der Waals surface area contributed by atoms with Gasteiger partial charge in [0, 0.05) is 14.2 Å². The maximum Gasteiger partial charge on any atom is 0.282 e. The molecule has 78 valence electrons. The van der Waals surface area contributed by atoms with Crippen LogP contribution in [0.1, 0.15) is 0 Å². The fourth-order valence-electron chi connectivity index (χ4n) is 1.42. The van der Waals surface area contributed by atoms with Gasteiger partial charge < -0.3 is 9.47 Å². The van der Waals surface area contributed by atoms with Crippen LogP contribution < -0.4 is 5.48 Å². The number of carbonyl (C=O) groups excluding carboxylic acids is 1. The van der Waals surface area contributed by atoms with Crippen LogP contribution in [0, 0.1) is 0 Å². The van der Waals surface area contributed by atoms with Crippen LogP contribution in [0.2, 0.25) is 0 Å². The van der Waals surface area contributed by atoms with Crippen LogP contribution in [0.4, 0.5) is 0 Å². The van der Waals surface area contributed by atoms with Gasteiger partial charge in [-0.15, -0.1) is 0 Å². The third kappa shape index (κ3) is 1.57. The summed E-state index contributed by atoms with van der Waals surface area (Å²) in [5.41, 5.74) is 0.268. The van der Waals surface area contributed by atoms with E-state index in [4.69, 9.17) is 14.7 Å². The molecule has 1 aliphatic rings. The molecule has 1 amide bonds. The summed E-state index contributed by atoms with van der Waals surface area (Å²) >= 11 is 0. The zero-order valence-electron chi connectivity index (χ0n) is 8.06. The van der Waals surface area contributed by atoms with E-state index in [1.54, 1.807) is 23.7 Å². The van der Waals surface area contributed by atoms with Gasteiger partial charge in [0.15, 0.2) is 5.60 Å². The quantitative estimate of drug-likeness (QED) is 0.496. The second-order valence-electron chi connectivity index (χ2n) is 2.84. The standard InChI is InChI=1S/C9H13NO4/c1-13-7-5-3-4-6-9(7,14-2)8(11)10-12/h3-7,12H,1-2H3,(H,10,11). The Bertz CT molecular complexity index is 274. The van der Waals surface area contributed by atoms with Crippen LogP contribution in [0.25, 0.3) is 0 Å². The minimum absolute atomic E-state index is 0.551. The number of methoxy groups -OCH3 is 2. The molecule has 1 aliphatic carbocycles. The second kappa shape index (κ2) is 4.36. The van der Waals surface area contributed by atoms with Gasteiger partial charge in [-0.3, -0.25) is 10.0 Å². The number of ether oxygens (including phenoxy) is 2. The lowest BCUT2D eigenvalue weighted by Gasteiger charge is -2.33. The van der Waals surface area contributed by atoms with Gasteiger partial charge in [0.05, 0.1) is 0 Å². The third-order valence-electron chi connectivity index (χ3n) is 2.21. The Balaban J connectivity index is 3.02. The minimum Gasteiger partial charge on any atom is -0.373 e. The Kier molecular flexibility index (Phi) is 3.40. The zero-order valence-corrected chi connectivity index (χ0v) is 8.06. The molecule has 5 heteroatoms. The van der Waals surface area contributed by atoms with Crippen molar-refractivity contribution < 1.29 is 19.5 Å². The van der Waals surface area contributed by atoms with Crippen LogP contribution in [-0.2, 0) is 14.3 Å². The Morgan fingerprint density at radius 2 is 2.21 bits per heavy atom. The normalized spacial score (nSPS) is 30.4. The lowest BCUT2D eigenvalue weighted by molar-refractivity contribution is -0.157. The lowest BCUT2D eigenvalue weighted by atomic mass is 9.91. The van der Waals surface area contributed by atoms with Crippen molar-refractivity contribution in [1.82, 2.24) is 5.48 Å². The summed E-state index contributed by atoms with van der Waals surface area (Å²) in [6.07, 6.45) is 6.07. The van der Waals surface area contributed by atoms with Crippen LogP contribution in [-0.4, -0.2) is 37.0 Å². The van der Waals surface area contributed by atoms with Crippen molar-refractivity contribution >= 4 is 5.91 Å². The van der Waals surface area contributed by atoms with Gasteiger partial charge in [-0.25, -0.2) is 5.48 Å². The van der Waals surface area contributed by atoms with E-state index < -0.39 is 17.6 Å². The summed E-state index contributed by atoms with van der Waals surface area (Å²) in [5, 5.41) is 8.60. The molecular weight excluding hydrogens is 186 g/mol. The number of rotatable bonds is 3. The first-order valence-corrected chi connectivity index (χ1v) is 4.09. The van der Waals surface area contributed by atoms with E-state index in [1.165, 1.54) is 20.3 Å².